The number of aromatic hydroxyl groups is 1. The molecule has 0 spiro atoms. The summed E-state index contributed by atoms with van der Waals surface area (Å²) in [5.41, 5.74) is 5.34. The van der Waals surface area contributed by atoms with E-state index in [1.807, 2.05) is 31.2 Å². The number of aryl methyl sites for hydroxylation is 1. The summed E-state index contributed by atoms with van der Waals surface area (Å²) in [6, 6.07) is 13.0. The Kier molecular flexibility index (Phi) is 5.30. The number of nitrogens with zero attached hydrogens (tertiary/aromatic N) is 1. The lowest BCUT2D eigenvalue weighted by Crippen LogP contribution is -2.23. The van der Waals surface area contributed by atoms with Crippen molar-refractivity contribution >= 4 is 45.2 Å². The third kappa shape index (κ3) is 4.84. The van der Waals surface area contributed by atoms with Gasteiger partial charge in [-0.15, -0.1) is 0 Å². The van der Waals surface area contributed by atoms with Gasteiger partial charge in [0, 0.05) is 15.7 Å². The van der Waals surface area contributed by atoms with Crippen LogP contribution >= 0.6 is 28.1 Å². The molecule has 21 heavy (non-hydrogen) atoms. The molecule has 2 aromatic carbocycles. The molecular weight excluding hydrogens is 350 g/mol. The van der Waals surface area contributed by atoms with Crippen molar-refractivity contribution in [3.63, 3.8) is 0 Å². The molecule has 108 valence electrons. The molecule has 2 rings (SSSR count). The molecule has 0 heterocycles. The third-order valence-electron chi connectivity index (χ3n) is 2.64. The molecule has 0 aromatic heterocycles. The number of rotatable bonds is 3. The number of phenolic OH excluding ortho intramolecular Hbond substituents is 1. The first-order valence-electron chi connectivity index (χ1n) is 6.20. The summed E-state index contributed by atoms with van der Waals surface area (Å²) in [6.45, 7) is 2.01. The molecule has 0 saturated carbocycles. The van der Waals surface area contributed by atoms with E-state index in [0.717, 1.165) is 15.7 Å². The molecule has 0 unspecified atom stereocenters. The predicted molar refractivity (Wildman–Crippen MR) is 93.9 cm³/mol. The second kappa shape index (κ2) is 7.19. The SMILES string of the molecule is Cc1cccc(NC(=S)N/N=C/c2cc(Br)ccc2O)c1. The Bertz CT molecular complexity index is 688. The normalized spacial score (nSPS) is 10.6. The Labute approximate surface area is 137 Å². The minimum atomic E-state index is 0.154. The fraction of sp³-hybridized carbons (Fsp3) is 0.0667. The number of nitrogens with one attached hydrogen (secondary N) is 2. The average molecular weight is 364 g/mol. The van der Waals surface area contributed by atoms with Crippen LogP contribution in [0.1, 0.15) is 11.1 Å². The number of hydrazone groups is 1. The second-order valence-corrected chi connectivity index (χ2v) is 5.72. The highest BCUT2D eigenvalue weighted by molar-refractivity contribution is 9.10. The molecule has 0 aliphatic carbocycles. The first kappa shape index (κ1) is 15.5. The second-order valence-electron chi connectivity index (χ2n) is 4.40. The van der Waals surface area contributed by atoms with E-state index in [4.69, 9.17) is 12.2 Å². The van der Waals surface area contributed by atoms with Gasteiger partial charge in [-0.05, 0) is 55.0 Å². The van der Waals surface area contributed by atoms with Crippen molar-refractivity contribution in [1.29, 1.82) is 0 Å². The van der Waals surface area contributed by atoms with Gasteiger partial charge in [-0.2, -0.15) is 5.10 Å². The van der Waals surface area contributed by atoms with Crippen LogP contribution in [0, 0.1) is 6.92 Å². The molecule has 0 fully saturated rings. The number of hydrogen-bond donors (Lipinski definition) is 3. The van der Waals surface area contributed by atoms with E-state index in [0.29, 0.717) is 10.7 Å². The summed E-state index contributed by atoms with van der Waals surface area (Å²) in [7, 11) is 0. The van der Waals surface area contributed by atoms with E-state index in [9.17, 15) is 5.11 Å². The third-order valence-corrected chi connectivity index (χ3v) is 3.32. The lowest BCUT2D eigenvalue weighted by molar-refractivity contribution is 0.474. The highest BCUT2D eigenvalue weighted by atomic mass is 79.9. The maximum absolute atomic E-state index is 9.68. The van der Waals surface area contributed by atoms with Crippen LogP contribution in [-0.4, -0.2) is 16.4 Å². The molecule has 0 aliphatic heterocycles. The fourth-order valence-electron chi connectivity index (χ4n) is 1.67. The lowest BCUT2D eigenvalue weighted by Gasteiger charge is -2.07. The van der Waals surface area contributed by atoms with Gasteiger partial charge >= 0.3 is 0 Å². The summed E-state index contributed by atoms with van der Waals surface area (Å²) < 4.78 is 0.863. The fourth-order valence-corrected chi connectivity index (χ4v) is 2.22. The van der Waals surface area contributed by atoms with E-state index < -0.39 is 0 Å². The van der Waals surface area contributed by atoms with Crippen LogP contribution in [0.2, 0.25) is 0 Å². The van der Waals surface area contributed by atoms with Gasteiger partial charge in [-0.25, -0.2) is 0 Å². The minimum absolute atomic E-state index is 0.154. The van der Waals surface area contributed by atoms with Crippen molar-refractivity contribution in [2.75, 3.05) is 5.32 Å². The van der Waals surface area contributed by atoms with E-state index in [-0.39, 0.29) is 5.75 Å². The molecule has 4 nitrogen and oxygen atoms in total. The van der Waals surface area contributed by atoms with Crippen LogP contribution in [0.15, 0.2) is 52.0 Å². The van der Waals surface area contributed by atoms with Crippen LogP contribution in [0.3, 0.4) is 0 Å². The quantitative estimate of drug-likeness (QED) is 0.441. The highest BCUT2D eigenvalue weighted by Gasteiger charge is 1.99. The molecule has 0 aliphatic rings. The zero-order chi connectivity index (χ0) is 15.2. The van der Waals surface area contributed by atoms with Gasteiger partial charge in [0.1, 0.15) is 5.75 Å². The standard InChI is InChI=1S/C15H14BrN3OS/c1-10-3-2-4-13(7-10)18-15(21)19-17-9-11-8-12(16)5-6-14(11)20/h2-9,20H,1H3,(H2,18,19,21)/b17-9+. The molecule has 0 amide bonds. The number of hydrogen-bond acceptors (Lipinski definition) is 3. The zero-order valence-corrected chi connectivity index (χ0v) is 13.7. The topological polar surface area (TPSA) is 56.7 Å². The van der Waals surface area contributed by atoms with Gasteiger partial charge in [-0.3, -0.25) is 5.43 Å². The number of anilines is 1. The highest BCUT2D eigenvalue weighted by Crippen LogP contribution is 2.19. The summed E-state index contributed by atoms with van der Waals surface area (Å²) in [6.07, 6.45) is 1.50. The van der Waals surface area contributed by atoms with Gasteiger partial charge in [0.05, 0.1) is 6.21 Å². The van der Waals surface area contributed by atoms with Crippen LogP contribution < -0.4 is 10.7 Å². The predicted octanol–water partition coefficient (Wildman–Crippen LogP) is 3.78. The maximum Gasteiger partial charge on any atom is 0.191 e. The Morgan fingerprint density at radius 2 is 2.10 bits per heavy atom. The zero-order valence-electron chi connectivity index (χ0n) is 11.3. The Hall–Kier alpha value is -1.92. The Morgan fingerprint density at radius 1 is 1.29 bits per heavy atom. The molecule has 0 radical (unpaired) electrons. The van der Waals surface area contributed by atoms with Crippen LogP contribution in [0.5, 0.6) is 5.75 Å². The largest absolute Gasteiger partial charge is 0.507 e. The van der Waals surface area contributed by atoms with E-state index in [1.165, 1.54) is 6.21 Å². The lowest BCUT2D eigenvalue weighted by atomic mass is 10.2. The van der Waals surface area contributed by atoms with Crippen LogP contribution in [-0.2, 0) is 0 Å². The average Bonchev–Trinajstić information content (AvgIpc) is 2.42. The maximum atomic E-state index is 9.68. The molecule has 2 aromatic rings. The Morgan fingerprint density at radius 3 is 2.86 bits per heavy atom. The van der Waals surface area contributed by atoms with Crippen LogP contribution in [0.25, 0.3) is 0 Å². The van der Waals surface area contributed by atoms with E-state index in [1.54, 1.807) is 18.2 Å². The molecule has 0 bridgehead atoms. The van der Waals surface area contributed by atoms with Gasteiger partial charge in [0.15, 0.2) is 5.11 Å². The number of benzene rings is 2. The van der Waals surface area contributed by atoms with Crippen LogP contribution in [0.4, 0.5) is 5.69 Å². The van der Waals surface area contributed by atoms with Crippen molar-refractivity contribution in [3.05, 3.63) is 58.1 Å². The van der Waals surface area contributed by atoms with Crippen molar-refractivity contribution in [2.24, 2.45) is 5.10 Å². The van der Waals surface area contributed by atoms with Gasteiger partial charge in [0.25, 0.3) is 0 Å². The van der Waals surface area contributed by atoms with Crippen molar-refractivity contribution < 1.29 is 5.11 Å². The number of halogens is 1. The molecule has 0 atom stereocenters. The van der Waals surface area contributed by atoms with Gasteiger partial charge in [-0.1, -0.05) is 28.1 Å². The smallest absolute Gasteiger partial charge is 0.191 e. The Balaban J connectivity index is 1.94. The van der Waals surface area contributed by atoms with Gasteiger partial charge < -0.3 is 10.4 Å². The van der Waals surface area contributed by atoms with Crippen molar-refractivity contribution in [3.8, 4) is 5.75 Å². The summed E-state index contributed by atoms with van der Waals surface area (Å²) >= 11 is 8.48. The first-order chi connectivity index (χ1) is 10.0. The molecular formula is C15H14BrN3OS. The van der Waals surface area contributed by atoms with Gasteiger partial charge in [0.2, 0.25) is 0 Å². The van der Waals surface area contributed by atoms with E-state index >= 15 is 0 Å². The minimum Gasteiger partial charge on any atom is -0.507 e. The number of thiocarbonyl (C=S) groups is 1. The molecule has 6 heteroatoms. The number of phenols is 1. The molecule has 0 saturated heterocycles. The van der Waals surface area contributed by atoms with Crippen molar-refractivity contribution in [1.82, 2.24) is 5.43 Å². The summed E-state index contributed by atoms with van der Waals surface area (Å²) in [4.78, 5) is 0. The first-order valence-corrected chi connectivity index (χ1v) is 7.40. The van der Waals surface area contributed by atoms with E-state index in [2.05, 4.69) is 31.8 Å². The van der Waals surface area contributed by atoms with Crippen molar-refractivity contribution in [2.45, 2.75) is 6.92 Å². The monoisotopic (exact) mass is 363 g/mol. The molecule has 3 N–H and O–H groups in total. The summed E-state index contributed by atoms with van der Waals surface area (Å²) in [5, 5.41) is 17.1. The summed E-state index contributed by atoms with van der Waals surface area (Å²) in [5.74, 6) is 0.154.